The summed E-state index contributed by atoms with van der Waals surface area (Å²) in [4.78, 5) is 21.1. The average Bonchev–Trinajstić information content (AvgIpc) is 3.14. The maximum absolute atomic E-state index is 11.1. The van der Waals surface area contributed by atoms with Crippen LogP contribution in [0, 0.1) is 0 Å². The Balaban J connectivity index is 1.61. The summed E-state index contributed by atoms with van der Waals surface area (Å²) in [6, 6.07) is 12.2. The minimum atomic E-state index is -0.536. The molecule has 0 bridgehead atoms. The summed E-state index contributed by atoms with van der Waals surface area (Å²) in [6.07, 6.45) is 8.92. The molecule has 0 aliphatic rings. The molecule has 1 aromatic carbocycles. The van der Waals surface area contributed by atoms with Crippen LogP contribution < -0.4 is 5.48 Å². The molecular weight excluding hydrogens is 352 g/mol. The molecule has 0 aliphatic heterocycles. The number of aromatic amines is 1. The summed E-state index contributed by atoms with van der Waals surface area (Å²) in [5.74, 6) is -0.536. The highest BCUT2D eigenvalue weighted by atomic mass is 16.5. The molecule has 0 saturated carbocycles. The van der Waals surface area contributed by atoms with Gasteiger partial charge in [0.1, 0.15) is 5.65 Å². The molecule has 6 heteroatoms. The van der Waals surface area contributed by atoms with Gasteiger partial charge in [0.25, 0.3) is 5.91 Å². The Hall–Kier alpha value is -2.96. The molecule has 6 nitrogen and oxygen atoms in total. The van der Waals surface area contributed by atoms with Crippen molar-refractivity contribution in [1.82, 2.24) is 20.3 Å². The second kappa shape index (κ2) is 9.82. The van der Waals surface area contributed by atoms with E-state index >= 15 is 0 Å². The largest absolute Gasteiger partial charge is 0.346 e. The normalized spacial score (nSPS) is 11.5. The molecule has 1 amide bonds. The first-order chi connectivity index (χ1) is 13.7. The number of rotatable bonds is 9. The third-order valence-electron chi connectivity index (χ3n) is 4.70. The molecular formula is C22H26N4O2. The first kappa shape index (κ1) is 19.8. The molecule has 146 valence electrons. The highest BCUT2D eigenvalue weighted by molar-refractivity contribution is 5.90. The average molecular weight is 378 g/mol. The number of pyridine rings is 1. The van der Waals surface area contributed by atoms with E-state index in [2.05, 4.69) is 46.2 Å². The summed E-state index contributed by atoms with van der Waals surface area (Å²) in [7, 11) is 0. The topological polar surface area (TPSA) is 81.2 Å². The minimum Gasteiger partial charge on any atom is -0.346 e. The number of hydroxylamine groups is 1. The van der Waals surface area contributed by atoms with Crippen molar-refractivity contribution in [3.8, 4) is 0 Å². The number of hydrogen-bond donors (Lipinski definition) is 3. The summed E-state index contributed by atoms with van der Waals surface area (Å²) >= 11 is 0. The summed E-state index contributed by atoms with van der Waals surface area (Å²) in [5.41, 5.74) is 5.98. The number of nitrogens with one attached hydrogen (secondary N) is 2. The molecule has 2 heterocycles. The van der Waals surface area contributed by atoms with E-state index < -0.39 is 5.91 Å². The molecule has 0 unspecified atom stereocenters. The van der Waals surface area contributed by atoms with Crippen LogP contribution in [0.2, 0.25) is 0 Å². The molecule has 0 atom stereocenters. The fraction of sp³-hybridized carbons (Fsp3) is 0.273. The predicted octanol–water partition coefficient (Wildman–Crippen LogP) is 3.54. The fourth-order valence-electron chi connectivity index (χ4n) is 3.29. The molecule has 0 radical (unpaired) electrons. The zero-order valence-electron chi connectivity index (χ0n) is 16.1. The Morgan fingerprint density at radius 3 is 2.82 bits per heavy atom. The Labute approximate surface area is 164 Å². The van der Waals surface area contributed by atoms with E-state index in [-0.39, 0.29) is 0 Å². The van der Waals surface area contributed by atoms with Gasteiger partial charge in [-0.2, -0.15) is 0 Å². The molecule has 0 saturated heterocycles. The molecule has 0 fully saturated rings. The zero-order valence-corrected chi connectivity index (χ0v) is 16.1. The van der Waals surface area contributed by atoms with E-state index in [1.54, 1.807) is 17.8 Å². The number of fused-ring (bicyclic) bond motifs is 1. The van der Waals surface area contributed by atoms with Gasteiger partial charge in [-0.05, 0) is 54.3 Å². The van der Waals surface area contributed by atoms with E-state index in [4.69, 9.17) is 5.21 Å². The molecule has 0 aliphatic carbocycles. The lowest BCUT2D eigenvalue weighted by Gasteiger charge is -2.21. The molecule has 2 aromatic heterocycles. The number of carbonyl (C=O) groups is 1. The van der Waals surface area contributed by atoms with E-state index in [1.165, 1.54) is 22.6 Å². The van der Waals surface area contributed by atoms with Crippen LogP contribution in [0.4, 0.5) is 0 Å². The Kier molecular flexibility index (Phi) is 6.94. The van der Waals surface area contributed by atoms with Crippen molar-refractivity contribution < 1.29 is 10.0 Å². The minimum absolute atomic E-state index is 0.536. The van der Waals surface area contributed by atoms with E-state index in [0.29, 0.717) is 0 Å². The summed E-state index contributed by atoms with van der Waals surface area (Å²) in [5, 5.41) is 9.72. The second-order valence-corrected chi connectivity index (χ2v) is 6.79. The van der Waals surface area contributed by atoms with Crippen LogP contribution in [0.1, 0.15) is 30.0 Å². The number of aromatic nitrogens is 2. The zero-order chi connectivity index (χ0) is 19.8. The van der Waals surface area contributed by atoms with Crippen molar-refractivity contribution in [3.05, 3.63) is 71.6 Å². The number of benzene rings is 1. The first-order valence-corrected chi connectivity index (χ1v) is 9.54. The quantitative estimate of drug-likeness (QED) is 0.302. The smallest absolute Gasteiger partial charge is 0.267 e. The third kappa shape index (κ3) is 5.28. The lowest BCUT2D eigenvalue weighted by Crippen LogP contribution is -2.26. The lowest BCUT2D eigenvalue weighted by atomic mass is 10.1. The van der Waals surface area contributed by atoms with Gasteiger partial charge in [0.15, 0.2) is 0 Å². The van der Waals surface area contributed by atoms with E-state index in [0.717, 1.165) is 43.7 Å². The van der Waals surface area contributed by atoms with Crippen molar-refractivity contribution in [3.63, 3.8) is 0 Å². The third-order valence-corrected chi connectivity index (χ3v) is 4.70. The molecule has 28 heavy (non-hydrogen) atoms. The molecule has 3 rings (SSSR count). The number of H-pyrrole nitrogens is 1. The highest BCUT2D eigenvalue weighted by Crippen LogP contribution is 2.17. The van der Waals surface area contributed by atoms with Crippen LogP contribution in [0.3, 0.4) is 0 Å². The predicted molar refractivity (Wildman–Crippen MR) is 111 cm³/mol. The Morgan fingerprint density at radius 1 is 1.25 bits per heavy atom. The Bertz CT molecular complexity index is 931. The lowest BCUT2D eigenvalue weighted by molar-refractivity contribution is -0.124. The van der Waals surface area contributed by atoms with Crippen LogP contribution in [0.25, 0.3) is 17.1 Å². The maximum Gasteiger partial charge on any atom is 0.267 e. The standard InChI is InChI=1S/C22H26N4O2/c1-2-13-26(14-11-19-15-24-22-20(19)4-3-12-23-22)16-18-7-5-17(6-8-18)9-10-21(27)25-28/h3-10,12,15,28H,2,11,13-14,16H2,1H3,(H,23,24)(H,25,27)/b10-9+. The number of amides is 1. The van der Waals surface area contributed by atoms with Gasteiger partial charge in [0, 0.05) is 36.9 Å². The van der Waals surface area contributed by atoms with Gasteiger partial charge in [-0.15, -0.1) is 0 Å². The fourth-order valence-corrected chi connectivity index (χ4v) is 3.29. The van der Waals surface area contributed by atoms with Crippen LogP contribution in [0.5, 0.6) is 0 Å². The van der Waals surface area contributed by atoms with Crippen molar-refractivity contribution in [2.45, 2.75) is 26.3 Å². The van der Waals surface area contributed by atoms with Crippen molar-refractivity contribution >= 4 is 23.0 Å². The van der Waals surface area contributed by atoms with Crippen molar-refractivity contribution in [2.75, 3.05) is 13.1 Å². The van der Waals surface area contributed by atoms with Crippen molar-refractivity contribution in [1.29, 1.82) is 0 Å². The van der Waals surface area contributed by atoms with Crippen LogP contribution in [0.15, 0.2) is 54.9 Å². The van der Waals surface area contributed by atoms with Gasteiger partial charge in [-0.25, -0.2) is 10.5 Å². The Morgan fingerprint density at radius 2 is 2.07 bits per heavy atom. The number of nitrogens with zero attached hydrogens (tertiary/aromatic N) is 2. The molecule has 3 aromatic rings. The number of hydrogen-bond acceptors (Lipinski definition) is 4. The van der Waals surface area contributed by atoms with E-state index in [1.807, 2.05) is 18.2 Å². The monoisotopic (exact) mass is 378 g/mol. The van der Waals surface area contributed by atoms with Crippen LogP contribution >= 0.6 is 0 Å². The van der Waals surface area contributed by atoms with Gasteiger partial charge in [-0.3, -0.25) is 14.9 Å². The molecule has 0 spiro atoms. The van der Waals surface area contributed by atoms with Gasteiger partial charge in [0.2, 0.25) is 0 Å². The van der Waals surface area contributed by atoms with Crippen LogP contribution in [-0.2, 0) is 17.8 Å². The van der Waals surface area contributed by atoms with Crippen LogP contribution in [-0.4, -0.2) is 39.1 Å². The van der Waals surface area contributed by atoms with Gasteiger partial charge >= 0.3 is 0 Å². The summed E-state index contributed by atoms with van der Waals surface area (Å²) in [6.45, 7) is 5.10. The molecule has 3 N–H and O–H groups in total. The van der Waals surface area contributed by atoms with Gasteiger partial charge in [-0.1, -0.05) is 31.2 Å². The van der Waals surface area contributed by atoms with Gasteiger partial charge in [0.05, 0.1) is 0 Å². The summed E-state index contributed by atoms with van der Waals surface area (Å²) < 4.78 is 0. The second-order valence-electron chi connectivity index (χ2n) is 6.79. The van der Waals surface area contributed by atoms with E-state index in [9.17, 15) is 4.79 Å². The van der Waals surface area contributed by atoms with Gasteiger partial charge < -0.3 is 4.98 Å². The highest BCUT2D eigenvalue weighted by Gasteiger charge is 2.09. The number of carbonyl (C=O) groups excluding carboxylic acids is 1. The van der Waals surface area contributed by atoms with Crippen molar-refractivity contribution in [2.24, 2.45) is 0 Å². The maximum atomic E-state index is 11.1. The SMILES string of the molecule is CCCN(CCc1c[nH]c2ncccc12)Cc1ccc(/C=C/C(=O)NO)cc1. The first-order valence-electron chi connectivity index (χ1n) is 9.54.